The molecule has 0 N–H and O–H groups in total. The fraction of sp³-hybridized carbons (Fsp3) is 0.150. The molecular weight excluding hydrogens is 396 g/mol. The quantitative estimate of drug-likeness (QED) is 0.320. The van der Waals surface area contributed by atoms with Gasteiger partial charge in [-0.3, -0.25) is 4.79 Å². The molecule has 0 saturated carbocycles. The van der Waals surface area contributed by atoms with Gasteiger partial charge in [-0.25, -0.2) is 4.79 Å². The Morgan fingerprint density at radius 1 is 1.14 bits per heavy atom. The molecule has 0 spiro atoms. The fourth-order valence-electron chi connectivity index (χ4n) is 2.31. The molecule has 148 valence electrons. The Kier molecular flexibility index (Phi) is 6.70. The maximum atomic E-state index is 12.3. The number of ketones is 1. The Balaban J connectivity index is 1.83. The lowest BCUT2D eigenvalue weighted by Crippen LogP contribution is -2.15. The summed E-state index contributed by atoms with van der Waals surface area (Å²) in [4.78, 5) is 25.5. The number of nitrogens with zero attached hydrogens (tertiary/aromatic N) is 4. The normalized spacial score (nSPS) is 10.8. The Labute approximate surface area is 171 Å². The second-order valence-electron chi connectivity index (χ2n) is 5.73. The number of ether oxygens (including phenoxy) is 2. The Morgan fingerprint density at radius 2 is 1.86 bits per heavy atom. The van der Waals surface area contributed by atoms with E-state index in [1.807, 2.05) is 0 Å². The van der Waals surface area contributed by atoms with Gasteiger partial charge in [0.05, 0.1) is 12.8 Å². The van der Waals surface area contributed by atoms with Crippen molar-refractivity contribution in [2.45, 2.75) is 6.92 Å². The predicted octanol–water partition coefficient (Wildman–Crippen LogP) is 3.25. The third kappa shape index (κ3) is 5.26. The van der Waals surface area contributed by atoms with Gasteiger partial charge in [0.1, 0.15) is 0 Å². The second-order valence-corrected chi connectivity index (χ2v) is 6.16. The Morgan fingerprint density at radius 3 is 2.55 bits per heavy atom. The van der Waals surface area contributed by atoms with Crippen molar-refractivity contribution in [3.8, 4) is 5.88 Å². The topological polar surface area (TPSA) is 95.7 Å². The third-order valence-corrected chi connectivity index (χ3v) is 3.96. The largest absolute Gasteiger partial charge is 0.466 e. The van der Waals surface area contributed by atoms with Gasteiger partial charge < -0.3 is 9.47 Å². The lowest BCUT2D eigenvalue weighted by atomic mass is 10.1. The number of carbonyl (C=O) groups is 2. The van der Waals surface area contributed by atoms with Crippen LogP contribution in [-0.4, -0.2) is 46.3 Å². The van der Waals surface area contributed by atoms with Gasteiger partial charge in [-0.2, -0.15) is 5.10 Å². The number of esters is 1. The molecule has 0 amide bonds. The molecule has 0 fully saturated rings. The summed E-state index contributed by atoms with van der Waals surface area (Å²) < 4.78 is 10.5. The molecule has 9 heteroatoms. The van der Waals surface area contributed by atoms with E-state index in [4.69, 9.17) is 21.1 Å². The molecule has 1 aromatic heterocycles. The number of halogens is 1. The molecule has 0 aliphatic heterocycles. The highest BCUT2D eigenvalue weighted by Gasteiger charge is 2.23. The summed E-state index contributed by atoms with van der Waals surface area (Å²) in [7, 11) is 0. The maximum Gasteiger partial charge on any atom is 0.364 e. The molecule has 0 bridgehead atoms. The number of rotatable bonds is 8. The molecule has 0 saturated heterocycles. The first kappa shape index (κ1) is 20.2. The summed E-state index contributed by atoms with van der Waals surface area (Å²) >= 11 is 5.87. The van der Waals surface area contributed by atoms with Crippen molar-refractivity contribution in [3.63, 3.8) is 0 Å². The van der Waals surface area contributed by atoms with E-state index in [9.17, 15) is 9.59 Å². The molecule has 0 atom stereocenters. The van der Waals surface area contributed by atoms with Crippen molar-refractivity contribution in [2.24, 2.45) is 5.10 Å². The maximum absolute atomic E-state index is 12.3. The molecule has 1 heterocycles. The summed E-state index contributed by atoms with van der Waals surface area (Å²) in [5, 5.41) is 12.3. The van der Waals surface area contributed by atoms with Crippen LogP contribution in [0.4, 0.5) is 0 Å². The molecule has 3 rings (SSSR count). The van der Waals surface area contributed by atoms with Crippen molar-refractivity contribution in [1.29, 1.82) is 0 Å². The molecule has 2 aromatic carbocycles. The predicted molar refractivity (Wildman–Crippen MR) is 107 cm³/mol. The SMILES string of the molecule is CCOC(=O)c1nnn(N=Cc2ccc(Cl)cc2)c1OCC(=O)c1ccccc1. The zero-order valence-corrected chi connectivity index (χ0v) is 16.2. The van der Waals surface area contributed by atoms with Crippen LogP contribution in [0.1, 0.15) is 33.3 Å². The van der Waals surface area contributed by atoms with Gasteiger partial charge in [-0.1, -0.05) is 58.9 Å². The van der Waals surface area contributed by atoms with E-state index in [-0.39, 0.29) is 30.6 Å². The molecule has 8 nitrogen and oxygen atoms in total. The van der Waals surface area contributed by atoms with Gasteiger partial charge in [0, 0.05) is 10.6 Å². The summed E-state index contributed by atoms with van der Waals surface area (Å²) in [5.74, 6) is -1.07. The summed E-state index contributed by atoms with van der Waals surface area (Å²) in [6, 6.07) is 15.6. The first-order chi connectivity index (χ1) is 14.1. The average Bonchev–Trinajstić information content (AvgIpc) is 3.15. The standard InChI is InChI=1S/C20H17ClN4O4/c1-2-28-20(27)18-19(29-13-17(26)15-6-4-3-5-7-15)25(24-23-18)22-12-14-8-10-16(21)11-9-14/h3-12H,2,13H2,1H3. The molecule has 29 heavy (non-hydrogen) atoms. The summed E-state index contributed by atoms with van der Waals surface area (Å²) in [5.41, 5.74) is 1.06. The number of carbonyl (C=O) groups excluding carboxylic acids is 2. The lowest BCUT2D eigenvalue weighted by Gasteiger charge is -2.06. The van der Waals surface area contributed by atoms with Gasteiger partial charge >= 0.3 is 5.97 Å². The van der Waals surface area contributed by atoms with Crippen molar-refractivity contribution < 1.29 is 19.1 Å². The van der Waals surface area contributed by atoms with Crippen LogP contribution in [0, 0.1) is 0 Å². The van der Waals surface area contributed by atoms with E-state index in [0.717, 1.165) is 10.4 Å². The van der Waals surface area contributed by atoms with E-state index >= 15 is 0 Å². The average molecular weight is 413 g/mol. The van der Waals surface area contributed by atoms with Crippen LogP contribution in [0.3, 0.4) is 0 Å². The third-order valence-electron chi connectivity index (χ3n) is 3.70. The van der Waals surface area contributed by atoms with Crippen LogP contribution in [0.25, 0.3) is 0 Å². The zero-order valence-electron chi connectivity index (χ0n) is 15.5. The number of Topliss-reactive ketones (excluding diaryl/α,β-unsaturated/α-hetero) is 1. The first-order valence-electron chi connectivity index (χ1n) is 8.72. The number of hydrogen-bond donors (Lipinski definition) is 0. The van der Waals surface area contributed by atoms with E-state index < -0.39 is 5.97 Å². The van der Waals surface area contributed by atoms with Crippen LogP contribution < -0.4 is 4.74 Å². The summed E-state index contributed by atoms with van der Waals surface area (Å²) in [6.45, 7) is 1.50. The molecule has 0 aliphatic carbocycles. The molecule has 0 aliphatic rings. The van der Waals surface area contributed by atoms with Gasteiger partial charge in [-0.15, -0.1) is 5.10 Å². The lowest BCUT2D eigenvalue weighted by molar-refractivity contribution is 0.0512. The van der Waals surface area contributed by atoms with Gasteiger partial charge in [0.25, 0.3) is 5.88 Å². The van der Waals surface area contributed by atoms with Crippen molar-refractivity contribution in [3.05, 3.63) is 76.4 Å². The number of aromatic nitrogens is 3. The van der Waals surface area contributed by atoms with Crippen LogP contribution in [-0.2, 0) is 4.74 Å². The smallest absolute Gasteiger partial charge is 0.364 e. The monoisotopic (exact) mass is 412 g/mol. The molecular formula is C20H17ClN4O4. The van der Waals surface area contributed by atoms with Crippen LogP contribution in [0.2, 0.25) is 5.02 Å². The van der Waals surface area contributed by atoms with Gasteiger partial charge in [0.2, 0.25) is 5.69 Å². The van der Waals surface area contributed by atoms with Crippen LogP contribution in [0.5, 0.6) is 5.88 Å². The molecule has 0 unspecified atom stereocenters. The van der Waals surface area contributed by atoms with Gasteiger partial charge in [0.15, 0.2) is 12.4 Å². The minimum absolute atomic E-state index is 0.0852. The molecule has 0 radical (unpaired) electrons. The Hall–Kier alpha value is -3.52. The van der Waals surface area contributed by atoms with E-state index in [2.05, 4.69) is 15.4 Å². The Bertz CT molecular complexity index is 1020. The minimum atomic E-state index is -0.720. The first-order valence-corrected chi connectivity index (χ1v) is 9.10. The number of benzene rings is 2. The van der Waals surface area contributed by atoms with Crippen molar-refractivity contribution in [1.82, 2.24) is 15.1 Å². The zero-order chi connectivity index (χ0) is 20.6. The second kappa shape index (κ2) is 9.61. The van der Waals surface area contributed by atoms with Crippen molar-refractivity contribution >= 4 is 29.6 Å². The van der Waals surface area contributed by atoms with E-state index in [0.29, 0.717) is 10.6 Å². The highest BCUT2D eigenvalue weighted by molar-refractivity contribution is 6.30. The fourth-order valence-corrected chi connectivity index (χ4v) is 2.43. The van der Waals surface area contributed by atoms with E-state index in [1.165, 1.54) is 6.21 Å². The van der Waals surface area contributed by atoms with Crippen LogP contribution in [0.15, 0.2) is 59.7 Å². The van der Waals surface area contributed by atoms with E-state index in [1.54, 1.807) is 61.5 Å². The molecule has 3 aromatic rings. The highest BCUT2D eigenvalue weighted by Crippen LogP contribution is 2.18. The number of hydrogen-bond acceptors (Lipinski definition) is 7. The minimum Gasteiger partial charge on any atom is -0.466 e. The highest BCUT2D eigenvalue weighted by atomic mass is 35.5. The van der Waals surface area contributed by atoms with Crippen LogP contribution >= 0.6 is 11.6 Å². The summed E-state index contributed by atoms with van der Waals surface area (Å²) in [6.07, 6.45) is 1.49. The van der Waals surface area contributed by atoms with Crippen molar-refractivity contribution in [2.75, 3.05) is 13.2 Å². The van der Waals surface area contributed by atoms with Gasteiger partial charge in [-0.05, 0) is 29.8 Å².